The zero-order valence-corrected chi connectivity index (χ0v) is 14.9. The molecule has 132 valence electrons. The fourth-order valence-corrected chi connectivity index (χ4v) is 3.06. The van der Waals surface area contributed by atoms with Crippen molar-refractivity contribution in [3.05, 3.63) is 29.8 Å². The Labute approximate surface area is 143 Å². The number of alkyl halides is 2. The van der Waals surface area contributed by atoms with Crippen molar-refractivity contribution in [2.24, 2.45) is 0 Å². The van der Waals surface area contributed by atoms with Gasteiger partial charge in [0.15, 0.2) is 0 Å². The topological polar surface area (TPSA) is 21.7 Å². The Morgan fingerprint density at radius 3 is 1.96 bits per heavy atom. The number of likely N-dealkylation sites (tertiary alicyclic amines) is 1. The second-order valence-corrected chi connectivity index (χ2v) is 7.96. The van der Waals surface area contributed by atoms with E-state index < -0.39 is 5.92 Å². The van der Waals surface area contributed by atoms with E-state index in [4.69, 9.17) is 9.31 Å². The lowest BCUT2D eigenvalue weighted by Crippen LogP contribution is -2.41. The quantitative estimate of drug-likeness (QED) is 0.791. The molecule has 0 unspecified atom stereocenters. The predicted octanol–water partition coefficient (Wildman–Crippen LogP) is 3.22. The van der Waals surface area contributed by atoms with Gasteiger partial charge in [0.25, 0.3) is 5.92 Å². The maximum atomic E-state index is 13.2. The van der Waals surface area contributed by atoms with Gasteiger partial charge in [-0.1, -0.05) is 24.3 Å². The van der Waals surface area contributed by atoms with Crippen molar-refractivity contribution in [2.75, 3.05) is 13.1 Å². The van der Waals surface area contributed by atoms with Crippen LogP contribution in [0.5, 0.6) is 0 Å². The van der Waals surface area contributed by atoms with Crippen molar-refractivity contribution in [3.63, 3.8) is 0 Å². The molecule has 0 spiro atoms. The Morgan fingerprint density at radius 2 is 1.46 bits per heavy atom. The zero-order valence-electron chi connectivity index (χ0n) is 14.9. The number of halogens is 2. The summed E-state index contributed by atoms with van der Waals surface area (Å²) in [6, 6.07) is 8.09. The molecule has 0 N–H and O–H groups in total. The third-order valence-electron chi connectivity index (χ3n) is 5.50. The van der Waals surface area contributed by atoms with Gasteiger partial charge in [0.2, 0.25) is 0 Å². The van der Waals surface area contributed by atoms with Crippen molar-refractivity contribution in [2.45, 2.75) is 64.2 Å². The third-order valence-corrected chi connectivity index (χ3v) is 5.50. The van der Waals surface area contributed by atoms with E-state index in [1.54, 1.807) is 0 Å². The van der Waals surface area contributed by atoms with Crippen LogP contribution in [0.3, 0.4) is 0 Å². The van der Waals surface area contributed by atoms with Gasteiger partial charge in [-0.2, -0.15) is 0 Å². The van der Waals surface area contributed by atoms with E-state index in [0.717, 1.165) is 11.0 Å². The molecule has 0 radical (unpaired) electrons. The average molecular weight is 337 g/mol. The summed E-state index contributed by atoms with van der Waals surface area (Å²) in [5.41, 5.74) is 1.41. The van der Waals surface area contributed by atoms with Crippen molar-refractivity contribution < 1.29 is 18.1 Å². The third kappa shape index (κ3) is 3.66. The summed E-state index contributed by atoms with van der Waals surface area (Å²) in [4.78, 5) is 2.08. The molecule has 24 heavy (non-hydrogen) atoms. The van der Waals surface area contributed by atoms with E-state index in [9.17, 15) is 8.78 Å². The Balaban J connectivity index is 1.61. The predicted molar refractivity (Wildman–Crippen MR) is 91.6 cm³/mol. The van der Waals surface area contributed by atoms with Gasteiger partial charge in [-0.15, -0.1) is 0 Å². The summed E-state index contributed by atoms with van der Waals surface area (Å²) in [5, 5.41) is 0. The van der Waals surface area contributed by atoms with Gasteiger partial charge in [-0.05, 0) is 38.7 Å². The van der Waals surface area contributed by atoms with Crippen LogP contribution in [0, 0.1) is 0 Å². The molecule has 2 heterocycles. The normalized spacial score (nSPS) is 25.8. The van der Waals surface area contributed by atoms with Gasteiger partial charge in [0, 0.05) is 32.5 Å². The lowest BCUT2D eigenvalue weighted by Gasteiger charge is -2.32. The minimum Gasteiger partial charge on any atom is -0.399 e. The average Bonchev–Trinajstić information content (AvgIpc) is 2.70. The molecule has 2 aliphatic heterocycles. The molecule has 2 fully saturated rings. The van der Waals surface area contributed by atoms with Crippen LogP contribution in [0.4, 0.5) is 8.78 Å². The molecule has 3 rings (SSSR count). The van der Waals surface area contributed by atoms with Crippen LogP contribution in [0.25, 0.3) is 0 Å². The molecule has 1 aromatic rings. The second kappa shape index (κ2) is 6.08. The highest BCUT2D eigenvalue weighted by Crippen LogP contribution is 2.36. The van der Waals surface area contributed by atoms with E-state index in [1.165, 1.54) is 0 Å². The largest absolute Gasteiger partial charge is 0.494 e. The molecule has 0 aliphatic carbocycles. The molecule has 2 saturated heterocycles. The van der Waals surface area contributed by atoms with Crippen molar-refractivity contribution >= 4 is 12.6 Å². The van der Waals surface area contributed by atoms with Crippen LogP contribution in [0.1, 0.15) is 46.1 Å². The van der Waals surface area contributed by atoms with Gasteiger partial charge in [0.1, 0.15) is 0 Å². The molecule has 1 aromatic carbocycles. The van der Waals surface area contributed by atoms with Gasteiger partial charge >= 0.3 is 7.12 Å². The maximum absolute atomic E-state index is 13.2. The first kappa shape index (κ1) is 17.8. The monoisotopic (exact) mass is 337 g/mol. The summed E-state index contributed by atoms with van der Waals surface area (Å²) in [6.07, 6.45) is -0.0853. The van der Waals surface area contributed by atoms with Crippen LogP contribution in [-0.2, 0) is 15.9 Å². The van der Waals surface area contributed by atoms with Crippen molar-refractivity contribution in [1.82, 2.24) is 4.90 Å². The molecule has 3 nitrogen and oxygen atoms in total. The molecule has 0 atom stereocenters. The number of piperidine rings is 1. The van der Waals surface area contributed by atoms with Crippen molar-refractivity contribution in [3.8, 4) is 0 Å². The van der Waals surface area contributed by atoms with E-state index in [-0.39, 0.29) is 31.2 Å². The summed E-state index contributed by atoms with van der Waals surface area (Å²) in [6.45, 7) is 9.75. The Bertz CT molecular complexity index is 563. The van der Waals surface area contributed by atoms with E-state index >= 15 is 0 Å². The highest BCUT2D eigenvalue weighted by atomic mass is 19.3. The Kier molecular flexibility index (Phi) is 4.52. The molecular weight excluding hydrogens is 311 g/mol. The minimum atomic E-state index is -2.49. The SMILES string of the molecule is CC1(C)OB(c2ccc(CN3CCC(F)(F)CC3)cc2)OC1(C)C. The number of benzene rings is 1. The lowest BCUT2D eigenvalue weighted by molar-refractivity contribution is -0.0566. The van der Waals surface area contributed by atoms with Crippen LogP contribution in [-0.4, -0.2) is 42.2 Å². The van der Waals surface area contributed by atoms with Gasteiger partial charge in [-0.3, -0.25) is 4.90 Å². The smallest absolute Gasteiger partial charge is 0.399 e. The van der Waals surface area contributed by atoms with Gasteiger partial charge in [-0.25, -0.2) is 8.78 Å². The molecule has 0 aromatic heterocycles. The summed E-state index contributed by atoms with van der Waals surface area (Å²) < 4.78 is 38.5. The molecule has 0 bridgehead atoms. The first-order valence-corrected chi connectivity index (χ1v) is 8.63. The Hall–Kier alpha value is -0.975. The van der Waals surface area contributed by atoms with E-state index in [0.29, 0.717) is 19.6 Å². The molecular formula is C18H26BF2NO2. The van der Waals surface area contributed by atoms with Crippen LogP contribution < -0.4 is 5.46 Å². The minimum absolute atomic E-state index is 0.0427. The standard InChI is InChI=1S/C18H26BF2NO2/c1-16(2)17(3,4)24-19(23-16)15-7-5-14(6-8-15)13-22-11-9-18(20,21)10-12-22/h5-8H,9-13H2,1-4H3. The summed E-state index contributed by atoms with van der Waals surface area (Å²) in [7, 11) is -0.363. The lowest BCUT2D eigenvalue weighted by atomic mass is 9.79. The van der Waals surface area contributed by atoms with Crippen LogP contribution in [0.15, 0.2) is 24.3 Å². The van der Waals surface area contributed by atoms with Crippen LogP contribution >= 0.6 is 0 Å². The number of nitrogens with zero attached hydrogens (tertiary/aromatic N) is 1. The maximum Gasteiger partial charge on any atom is 0.494 e. The number of hydrogen-bond acceptors (Lipinski definition) is 3. The number of hydrogen-bond donors (Lipinski definition) is 0. The first-order valence-electron chi connectivity index (χ1n) is 8.63. The van der Waals surface area contributed by atoms with Crippen LogP contribution in [0.2, 0.25) is 0 Å². The molecule has 6 heteroatoms. The molecule has 0 saturated carbocycles. The number of rotatable bonds is 3. The summed E-state index contributed by atoms with van der Waals surface area (Å²) >= 11 is 0. The second-order valence-electron chi connectivity index (χ2n) is 7.96. The van der Waals surface area contributed by atoms with Crippen molar-refractivity contribution in [1.29, 1.82) is 0 Å². The highest BCUT2D eigenvalue weighted by Gasteiger charge is 2.51. The summed E-state index contributed by atoms with van der Waals surface area (Å²) in [5.74, 6) is -2.49. The van der Waals surface area contributed by atoms with Gasteiger partial charge < -0.3 is 9.31 Å². The first-order chi connectivity index (χ1) is 11.1. The molecule has 2 aliphatic rings. The Morgan fingerprint density at radius 1 is 0.958 bits per heavy atom. The highest BCUT2D eigenvalue weighted by molar-refractivity contribution is 6.62. The van der Waals surface area contributed by atoms with E-state index in [2.05, 4.69) is 4.90 Å². The zero-order chi connectivity index (χ0) is 17.6. The van der Waals surface area contributed by atoms with E-state index in [1.807, 2.05) is 52.0 Å². The van der Waals surface area contributed by atoms with Gasteiger partial charge in [0.05, 0.1) is 11.2 Å². The fraction of sp³-hybridized carbons (Fsp3) is 0.667. The molecule has 0 amide bonds. The fourth-order valence-electron chi connectivity index (χ4n) is 3.06.